The van der Waals surface area contributed by atoms with Gasteiger partial charge in [0.15, 0.2) is 0 Å². The van der Waals surface area contributed by atoms with Gasteiger partial charge >= 0.3 is 0 Å². The zero-order chi connectivity index (χ0) is 20.8. The number of anilines is 1. The predicted octanol–water partition coefficient (Wildman–Crippen LogP) is -0.230. The largest absolute Gasteiger partial charge is 0.353 e. The fourth-order valence-electron chi connectivity index (χ4n) is 3.48. The highest BCUT2D eigenvalue weighted by molar-refractivity contribution is 6.30. The highest BCUT2D eigenvalue weighted by Gasteiger charge is 2.35. The van der Waals surface area contributed by atoms with Gasteiger partial charge in [0, 0.05) is 50.0 Å². The van der Waals surface area contributed by atoms with Crippen LogP contribution in [0.15, 0.2) is 24.3 Å². The van der Waals surface area contributed by atoms with Crippen molar-refractivity contribution in [2.24, 2.45) is 0 Å². The number of piperazine rings is 2. The molecule has 2 fully saturated rings. The van der Waals surface area contributed by atoms with Crippen molar-refractivity contribution in [1.29, 1.82) is 0 Å². The van der Waals surface area contributed by atoms with E-state index in [1.165, 1.54) is 4.90 Å². The molecule has 2 heterocycles. The maximum absolute atomic E-state index is 12.8. The van der Waals surface area contributed by atoms with Crippen LogP contribution in [0.4, 0.5) is 5.69 Å². The molecule has 9 nitrogen and oxygen atoms in total. The van der Waals surface area contributed by atoms with E-state index < -0.39 is 6.04 Å². The molecule has 0 saturated carbocycles. The Morgan fingerprint density at radius 2 is 1.97 bits per heavy atom. The summed E-state index contributed by atoms with van der Waals surface area (Å²) < 4.78 is 0. The molecule has 1 unspecified atom stereocenters. The Balaban J connectivity index is 1.59. The second-order valence-electron chi connectivity index (χ2n) is 7.07. The first-order valence-electron chi connectivity index (χ1n) is 9.50. The van der Waals surface area contributed by atoms with Crippen LogP contribution >= 0.6 is 11.6 Å². The van der Waals surface area contributed by atoms with Crippen molar-refractivity contribution in [3.63, 3.8) is 0 Å². The molecular formula is C19H24ClN5O4. The number of rotatable bonds is 6. The summed E-state index contributed by atoms with van der Waals surface area (Å²) in [4.78, 5) is 53.5. The number of carbonyl (C=O) groups excluding carboxylic acids is 4. The van der Waals surface area contributed by atoms with Crippen molar-refractivity contribution < 1.29 is 19.2 Å². The molecular weight excluding hydrogens is 398 g/mol. The molecule has 10 heteroatoms. The van der Waals surface area contributed by atoms with Crippen molar-refractivity contribution in [1.82, 2.24) is 20.0 Å². The summed E-state index contributed by atoms with van der Waals surface area (Å²) in [5.74, 6) is -0.900. The lowest BCUT2D eigenvalue weighted by atomic mass is 10.1. The fraction of sp³-hybridized carbons (Fsp3) is 0.474. The van der Waals surface area contributed by atoms with E-state index in [4.69, 9.17) is 11.6 Å². The third kappa shape index (κ3) is 5.68. The minimum absolute atomic E-state index is 0.136. The minimum atomic E-state index is -0.855. The standard InChI is InChI=1S/C19H24ClN5O4/c20-14-2-1-3-15(10-14)22-17(27)11-16-19(29)21-4-5-25(16)18(28)12-23-6-8-24(13-26)9-7-23/h1-3,10,13,16H,4-9,11-12H2,(H,21,29)(H,22,27). The second kappa shape index (κ2) is 9.71. The first kappa shape index (κ1) is 21.1. The quantitative estimate of drug-likeness (QED) is 0.618. The molecule has 0 radical (unpaired) electrons. The maximum atomic E-state index is 12.8. The summed E-state index contributed by atoms with van der Waals surface area (Å²) in [6.45, 7) is 3.22. The molecule has 1 aromatic rings. The second-order valence-corrected chi connectivity index (χ2v) is 7.51. The molecule has 2 N–H and O–H groups in total. The Labute approximate surface area is 173 Å². The molecule has 0 aliphatic carbocycles. The Bertz CT molecular complexity index is 782. The lowest BCUT2D eigenvalue weighted by Gasteiger charge is -2.37. The summed E-state index contributed by atoms with van der Waals surface area (Å²) in [5.41, 5.74) is 0.532. The Morgan fingerprint density at radius 1 is 1.21 bits per heavy atom. The molecule has 0 spiro atoms. The molecule has 29 heavy (non-hydrogen) atoms. The van der Waals surface area contributed by atoms with E-state index in [-0.39, 0.29) is 30.7 Å². The van der Waals surface area contributed by atoms with Crippen molar-refractivity contribution >= 4 is 41.4 Å². The summed E-state index contributed by atoms with van der Waals surface area (Å²) in [5, 5.41) is 5.92. The Hall–Kier alpha value is -2.65. The van der Waals surface area contributed by atoms with E-state index in [2.05, 4.69) is 10.6 Å². The van der Waals surface area contributed by atoms with Gasteiger partial charge in [-0.05, 0) is 18.2 Å². The van der Waals surface area contributed by atoms with Gasteiger partial charge in [-0.25, -0.2) is 0 Å². The summed E-state index contributed by atoms with van der Waals surface area (Å²) >= 11 is 5.92. The summed E-state index contributed by atoms with van der Waals surface area (Å²) in [6.07, 6.45) is 0.672. The lowest BCUT2D eigenvalue weighted by molar-refractivity contribution is -0.145. The number of nitrogens with zero attached hydrogens (tertiary/aromatic N) is 3. The van der Waals surface area contributed by atoms with Gasteiger partial charge in [0.05, 0.1) is 13.0 Å². The predicted molar refractivity (Wildman–Crippen MR) is 107 cm³/mol. The van der Waals surface area contributed by atoms with E-state index in [0.29, 0.717) is 50.0 Å². The molecule has 1 atom stereocenters. The smallest absolute Gasteiger partial charge is 0.243 e. The van der Waals surface area contributed by atoms with Crippen LogP contribution in [0.5, 0.6) is 0 Å². The zero-order valence-electron chi connectivity index (χ0n) is 16.0. The van der Waals surface area contributed by atoms with Crippen LogP contribution in [0.25, 0.3) is 0 Å². The molecule has 4 amide bonds. The topological polar surface area (TPSA) is 102 Å². The van der Waals surface area contributed by atoms with Crippen molar-refractivity contribution in [3.05, 3.63) is 29.3 Å². The van der Waals surface area contributed by atoms with E-state index in [0.717, 1.165) is 6.41 Å². The normalized spacial score (nSPS) is 20.2. The van der Waals surface area contributed by atoms with Crippen molar-refractivity contribution in [2.45, 2.75) is 12.5 Å². The maximum Gasteiger partial charge on any atom is 0.243 e. The van der Waals surface area contributed by atoms with E-state index in [1.807, 2.05) is 4.90 Å². The van der Waals surface area contributed by atoms with Crippen LogP contribution in [0.2, 0.25) is 5.02 Å². The van der Waals surface area contributed by atoms with Crippen LogP contribution in [0, 0.1) is 0 Å². The van der Waals surface area contributed by atoms with Gasteiger partial charge < -0.3 is 20.4 Å². The van der Waals surface area contributed by atoms with Crippen molar-refractivity contribution in [2.75, 3.05) is 51.1 Å². The number of benzene rings is 1. The van der Waals surface area contributed by atoms with Gasteiger partial charge in [0.1, 0.15) is 6.04 Å². The van der Waals surface area contributed by atoms with Gasteiger partial charge in [-0.15, -0.1) is 0 Å². The number of nitrogens with one attached hydrogen (secondary N) is 2. The van der Waals surface area contributed by atoms with Gasteiger partial charge in [-0.3, -0.25) is 24.1 Å². The highest BCUT2D eigenvalue weighted by Crippen LogP contribution is 2.17. The third-order valence-electron chi connectivity index (χ3n) is 5.05. The number of amides is 4. The molecule has 3 rings (SSSR count). The zero-order valence-corrected chi connectivity index (χ0v) is 16.7. The van der Waals surface area contributed by atoms with Crippen LogP contribution in [-0.4, -0.2) is 90.7 Å². The molecule has 2 aliphatic rings. The monoisotopic (exact) mass is 421 g/mol. The van der Waals surface area contributed by atoms with E-state index >= 15 is 0 Å². The van der Waals surface area contributed by atoms with Gasteiger partial charge in [0.25, 0.3) is 0 Å². The van der Waals surface area contributed by atoms with Gasteiger partial charge in [-0.2, -0.15) is 0 Å². The molecule has 2 saturated heterocycles. The van der Waals surface area contributed by atoms with E-state index in [9.17, 15) is 19.2 Å². The molecule has 0 aromatic heterocycles. The number of hydrogen-bond acceptors (Lipinski definition) is 5. The minimum Gasteiger partial charge on any atom is -0.353 e. The van der Waals surface area contributed by atoms with Crippen LogP contribution in [0.1, 0.15) is 6.42 Å². The van der Waals surface area contributed by atoms with E-state index in [1.54, 1.807) is 29.2 Å². The number of halogens is 1. The average Bonchev–Trinajstić information content (AvgIpc) is 2.70. The molecule has 156 valence electrons. The summed E-state index contributed by atoms with van der Waals surface area (Å²) in [7, 11) is 0. The SMILES string of the molecule is O=CN1CCN(CC(=O)N2CCNC(=O)C2CC(=O)Nc2cccc(Cl)c2)CC1. The molecule has 1 aromatic carbocycles. The molecule has 2 aliphatic heterocycles. The first-order chi connectivity index (χ1) is 14.0. The fourth-order valence-corrected chi connectivity index (χ4v) is 3.67. The molecule has 0 bridgehead atoms. The average molecular weight is 422 g/mol. The Morgan fingerprint density at radius 3 is 2.66 bits per heavy atom. The van der Waals surface area contributed by atoms with Gasteiger partial charge in [-0.1, -0.05) is 17.7 Å². The summed E-state index contributed by atoms with van der Waals surface area (Å²) in [6, 6.07) is 5.87. The van der Waals surface area contributed by atoms with Crippen molar-refractivity contribution in [3.8, 4) is 0 Å². The number of carbonyl (C=O) groups is 4. The third-order valence-corrected chi connectivity index (χ3v) is 5.29. The number of hydrogen-bond donors (Lipinski definition) is 2. The van der Waals surface area contributed by atoms with Crippen LogP contribution in [0.3, 0.4) is 0 Å². The van der Waals surface area contributed by atoms with Crippen LogP contribution < -0.4 is 10.6 Å². The first-order valence-corrected chi connectivity index (χ1v) is 9.88. The van der Waals surface area contributed by atoms with Crippen LogP contribution in [-0.2, 0) is 19.2 Å². The Kier molecular flexibility index (Phi) is 7.05. The lowest BCUT2D eigenvalue weighted by Crippen LogP contribution is -2.60. The van der Waals surface area contributed by atoms with Gasteiger partial charge in [0.2, 0.25) is 24.1 Å². The highest BCUT2D eigenvalue weighted by atomic mass is 35.5.